The average molecular weight is 266 g/mol. The minimum Gasteiger partial charge on any atom is -0.0693 e. The van der Waals surface area contributed by atoms with Crippen molar-refractivity contribution in [1.29, 1.82) is 0 Å². The number of hydrogen-bond donors (Lipinski definition) is 0. The van der Waals surface area contributed by atoms with Crippen LogP contribution < -0.4 is 0 Å². The molecule has 2 aromatic rings. The molecular weight excluding hydrogens is 244 g/mol. The second-order valence-corrected chi connectivity index (χ2v) is 11.8. The van der Waals surface area contributed by atoms with Crippen LogP contribution in [0.1, 0.15) is 17.0 Å². The van der Waals surface area contributed by atoms with Gasteiger partial charge in [-0.15, -0.1) is 0 Å². The van der Waals surface area contributed by atoms with Crippen molar-refractivity contribution >= 4 is 8.07 Å². The first-order valence-corrected chi connectivity index (χ1v) is 10.7. The Morgan fingerprint density at radius 1 is 0.789 bits per heavy atom. The maximum absolute atomic E-state index is 2.52. The molecule has 0 radical (unpaired) electrons. The quantitative estimate of drug-likeness (QED) is 0.673. The molecule has 1 aliphatic rings. The molecule has 0 aromatic heterocycles. The normalized spacial score (nSPS) is 18.3. The zero-order chi connectivity index (χ0) is 13.3. The minimum atomic E-state index is -0.842. The Hall–Kier alpha value is -1.34. The molecule has 0 spiro atoms. The standard InChI is InChI=1S/C18H22Si/c1-19(2)13-17(14-19)18(15-9-5-3-6-10-15)16-11-7-4-8-12-16/h3-12,17-18H,13-14H2,1-2H3. The molecule has 98 valence electrons. The van der Waals surface area contributed by atoms with E-state index in [1.165, 1.54) is 23.2 Å². The van der Waals surface area contributed by atoms with Gasteiger partial charge in [0.2, 0.25) is 0 Å². The van der Waals surface area contributed by atoms with Gasteiger partial charge in [0.25, 0.3) is 0 Å². The summed E-state index contributed by atoms with van der Waals surface area (Å²) in [5.74, 6) is 1.45. The lowest BCUT2D eigenvalue weighted by atomic mass is 9.82. The first kappa shape index (κ1) is 12.7. The van der Waals surface area contributed by atoms with Crippen molar-refractivity contribution in [2.45, 2.75) is 31.1 Å². The molecule has 1 heteroatoms. The van der Waals surface area contributed by atoms with Gasteiger partial charge < -0.3 is 0 Å². The lowest BCUT2D eigenvalue weighted by molar-refractivity contribution is 0.500. The van der Waals surface area contributed by atoms with Gasteiger partial charge in [0.1, 0.15) is 0 Å². The molecular formula is C18H22Si. The summed E-state index contributed by atoms with van der Waals surface area (Å²) in [5.41, 5.74) is 2.98. The summed E-state index contributed by atoms with van der Waals surface area (Å²) >= 11 is 0. The second-order valence-electron chi connectivity index (χ2n) is 6.63. The highest BCUT2D eigenvalue weighted by Gasteiger charge is 2.42. The molecule has 0 saturated carbocycles. The topological polar surface area (TPSA) is 0 Å². The maximum Gasteiger partial charge on any atom is 0.0479 e. The zero-order valence-electron chi connectivity index (χ0n) is 11.8. The van der Waals surface area contributed by atoms with Gasteiger partial charge in [-0.2, -0.15) is 0 Å². The average Bonchev–Trinajstić information content (AvgIpc) is 2.39. The van der Waals surface area contributed by atoms with Crippen LogP contribution in [-0.4, -0.2) is 8.07 Å². The summed E-state index contributed by atoms with van der Waals surface area (Å²) in [6.45, 7) is 5.05. The van der Waals surface area contributed by atoms with Crippen LogP contribution in [0.15, 0.2) is 60.7 Å². The van der Waals surface area contributed by atoms with Crippen LogP contribution in [0, 0.1) is 5.92 Å². The predicted octanol–water partition coefficient (Wildman–Crippen LogP) is 5.16. The molecule has 0 aliphatic carbocycles. The highest BCUT2D eigenvalue weighted by atomic mass is 28.3. The van der Waals surface area contributed by atoms with E-state index in [1.54, 1.807) is 0 Å². The molecule has 2 aromatic carbocycles. The summed E-state index contributed by atoms with van der Waals surface area (Å²) in [6, 6.07) is 25.1. The highest BCUT2D eigenvalue weighted by Crippen LogP contribution is 2.48. The maximum atomic E-state index is 2.52. The molecule has 3 rings (SSSR count). The first-order valence-electron chi connectivity index (χ1n) is 7.26. The Morgan fingerprint density at radius 3 is 1.58 bits per heavy atom. The molecule has 0 N–H and O–H groups in total. The van der Waals surface area contributed by atoms with Crippen molar-refractivity contribution < 1.29 is 0 Å². The molecule has 19 heavy (non-hydrogen) atoms. The highest BCUT2D eigenvalue weighted by molar-refractivity contribution is 6.80. The van der Waals surface area contributed by atoms with Gasteiger partial charge in [-0.05, 0) is 17.0 Å². The summed E-state index contributed by atoms with van der Waals surface area (Å²) in [7, 11) is -0.842. The summed E-state index contributed by atoms with van der Waals surface area (Å²) in [4.78, 5) is 0. The van der Waals surface area contributed by atoms with E-state index in [0.29, 0.717) is 5.92 Å². The Morgan fingerprint density at radius 2 is 1.21 bits per heavy atom. The van der Waals surface area contributed by atoms with Crippen LogP contribution in [0.5, 0.6) is 0 Å². The van der Waals surface area contributed by atoms with E-state index in [0.717, 1.165) is 5.92 Å². The van der Waals surface area contributed by atoms with Crippen LogP contribution in [0.3, 0.4) is 0 Å². The lowest BCUT2D eigenvalue weighted by Gasteiger charge is -2.45. The fraction of sp³-hybridized carbons (Fsp3) is 0.333. The molecule has 0 unspecified atom stereocenters. The largest absolute Gasteiger partial charge is 0.0693 e. The van der Waals surface area contributed by atoms with E-state index in [2.05, 4.69) is 73.8 Å². The molecule has 0 amide bonds. The van der Waals surface area contributed by atoms with Gasteiger partial charge in [0.05, 0.1) is 0 Å². The number of benzene rings is 2. The van der Waals surface area contributed by atoms with Crippen molar-refractivity contribution in [2.75, 3.05) is 0 Å². The predicted molar refractivity (Wildman–Crippen MR) is 85.3 cm³/mol. The minimum absolute atomic E-state index is 0.600. The van der Waals surface area contributed by atoms with Gasteiger partial charge in [0, 0.05) is 14.0 Å². The fourth-order valence-corrected chi connectivity index (χ4v) is 6.84. The summed E-state index contributed by atoms with van der Waals surface area (Å²) in [5, 5.41) is 0. The summed E-state index contributed by atoms with van der Waals surface area (Å²) < 4.78 is 0. The molecule has 1 aliphatic heterocycles. The number of rotatable bonds is 3. The summed E-state index contributed by atoms with van der Waals surface area (Å²) in [6.07, 6.45) is 0. The monoisotopic (exact) mass is 266 g/mol. The van der Waals surface area contributed by atoms with Crippen LogP contribution in [0.2, 0.25) is 25.2 Å². The van der Waals surface area contributed by atoms with Gasteiger partial charge in [-0.1, -0.05) is 85.8 Å². The third-order valence-corrected chi connectivity index (χ3v) is 7.68. The van der Waals surface area contributed by atoms with E-state index < -0.39 is 8.07 Å². The molecule has 0 nitrogen and oxygen atoms in total. The van der Waals surface area contributed by atoms with Gasteiger partial charge >= 0.3 is 0 Å². The van der Waals surface area contributed by atoms with E-state index in [-0.39, 0.29) is 0 Å². The third kappa shape index (κ3) is 2.66. The Balaban J connectivity index is 1.93. The molecule has 0 atom stereocenters. The molecule has 1 fully saturated rings. The van der Waals surface area contributed by atoms with E-state index in [9.17, 15) is 0 Å². The van der Waals surface area contributed by atoms with Crippen molar-refractivity contribution in [2.24, 2.45) is 5.92 Å². The van der Waals surface area contributed by atoms with Crippen molar-refractivity contribution in [3.05, 3.63) is 71.8 Å². The second kappa shape index (κ2) is 4.97. The van der Waals surface area contributed by atoms with E-state index in [1.807, 2.05) is 0 Å². The fourth-order valence-electron chi connectivity index (χ4n) is 3.65. The smallest absolute Gasteiger partial charge is 0.0479 e. The molecule has 0 bridgehead atoms. The van der Waals surface area contributed by atoms with Crippen molar-refractivity contribution in [1.82, 2.24) is 0 Å². The van der Waals surface area contributed by atoms with Crippen LogP contribution in [0.4, 0.5) is 0 Å². The molecule has 1 heterocycles. The Bertz CT molecular complexity index is 483. The third-order valence-electron chi connectivity index (χ3n) is 4.42. The Kier molecular flexibility index (Phi) is 3.32. The van der Waals surface area contributed by atoms with Crippen molar-refractivity contribution in [3.63, 3.8) is 0 Å². The van der Waals surface area contributed by atoms with Crippen LogP contribution in [-0.2, 0) is 0 Å². The van der Waals surface area contributed by atoms with Crippen LogP contribution >= 0.6 is 0 Å². The van der Waals surface area contributed by atoms with Crippen molar-refractivity contribution in [3.8, 4) is 0 Å². The van der Waals surface area contributed by atoms with E-state index in [4.69, 9.17) is 0 Å². The lowest BCUT2D eigenvalue weighted by Crippen LogP contribution is -2.44. The van der Waals surface area contributed by atoms with Gasteiger partial charge in [0.15, 0.2) is 0 Å². The van der Waals surface area contributed by atoms with E-state index >= 15 is 0 Å². The van der Waals surface area contributed by atoms with Crippen LogP contribution in [0.25, 0.3) is 0 Å². The zero-order valence-corrected chi connectivity index (χ0v) is 12.8. The Labute approximate surface area is 117 Å². The van der Waals surface area contributed by atoms with Gasteiger partial charge in [-0.25, -0.2) is 0 Å². The SMILES string of the molecule is C[Si]1(C)CC(C(c2ccccc2)c2ccccc2)C1. The first-order chi connectivity index (χ1) is 9.16. The molecule has 1 saturated heterocycles. The number of hydrogen-bond acceptors (Lipinski definition) is 0. The van der Waals surface area contributed by atoms with Gasteiger partial charge in [-0.3, -0.25) is 0 Å².